The number of hydrogen-bond acceptors (Lipinski definition) is 5. The minimum Gasteiger partial charge on any atom is -0.491 e. The van der Waals surface area contributed by atoms with Gasteiger partial charge in [-0.05, 0) is 50.4 Å². The standard InChI is InChI=1S/C19H29NO4/c1-14-6-7-15(2)18(11-14)24-13-16(21)12-20-8-4-3-5-17(20)19-22-9-10-23-19/h6-7,11,16-17,19,21H,3-5,8-10,12-13H2,1-2H3. The summed E-state index contributed by atoms with van der Waals surface area (Å²) in [4.78, 5) is 2.30. The Kier molecular flexibility index (Phi) is 6.11. The molecule has 0 aliphatic carbocycles. The maximum Gasteiger partial charge on any atom is 0.173 e. The van der Waals surface area contributed by atoms with Crippen LogP contribution in [0.25, 0.3) is 0 Å². The Hall–Kier alpha value is -1.14. The van der Waals surface area contributed by atoms with Gasteiger partial charge < -0.3 is 19.3 Å². The second-order valence-corrected chi connectivity index (χ2v) is 6.90. The van der Waals surface area contributed by atoms with Crippen LogP contribution >= 0.6 is 0 Å². The van der Waals surface area contributed by atoms with Crippen molar-refractivity contribution in [3.8, 4) is 5.75 Å². The van der Waals surface area contributed by atoms with Crippen LogP contribution in [0.5, 0.6) is 5.75 Å². The Labute approximate surface area is 144 Å². The number of ether oxygens (including phenoxy) is 3. The van der Waals surface area contributed by atoms with Crippen molar-refractivity contribution in [2.24, 2.45) is 0 Å². The van der Waals surface area contributed by atoms with Gasteiger partial charge in [-0.15, -0.1) is 0 Å². The van der Waals surface area contributed by atoms with Crippen LogP contribution in [0.3, 0.4) is 0 Å². The first kappa shape index (κ1) is 17.7. The Morgan fingerprint density at radius 2 is 2.04 bits per heavy atom. The van der Waals surface area contributed by atoms with E-state index < -0.39 is 6.10 Å². The van der Waals surface area contributed by atoms with Crippen LogP contribution < -0.4 is 4.74 Å². The molecule has 2 saturated heterocycles. The van der Waals surface area contributed by atoms with E-state index in [2.05, 4.69) is 11.0 Å². The average molecular weight is 335 g/mol. The molecule has 2 aliphatic rings. The molecule has 0 spiro atoms. The van der Waals surface area contributed by atoms with Crippen LogP contribution in [0.1, 0.15) is 30.4 Å². The summed E-state index contributed by atoms with van der Waals surface area (Å²) < 4.78 is 17.2. The number of piperidine rings is 1. The highest BCUT2D eigenvalue weighted by Crippen LogP contribution is 2.25. The predicted octanol–water partition coefficient (Wildman–Crippen LogP) is 2.27. The quantitative estimate of drug-likeness (QED) is 0.864. The first-order valence-electron chi connectivity index (χ1n) is 8.99. The Morgan fingerprint density at radius 1 is 1.25 bits per heavy atom. The highest BCUT2D eigenvalue weighted by atomic mass is 16.7. The summed E-state index contributed by atoms with van der Waals surface area (Å²) in [5, 5.41) is 10.4. The molecule has 0 bridgehead atoms. The maximum atomic E-state index is 10.4. The summed E-state index contributed by atoms with van der Waals surface area (Å²) in [6, 6.07) is 6.38. The van der Waals surface area contributed by atoms with E-state index >= 15 is 0 Å². The number of benzene rings is 1. The monoisotopic (exact) mass is 335 g/mol. The van der Waals surface area contributed by atoms with Gasteiger partial charge in [0.15, 0.2) is 6.29 Å². The van der Waals surface area contributed by atoms with Crippen molar-refractivity contribution >= 4 is 0 Å². The number of hydrogen-bond donors (Lipinski definition) is 1. The summed E-state index contributed by atoms with van der Waals surface area (Å²) in [6.07, 6.45) is 2.76. The lowest BCUT2D eigenvalue weighted by Crippen LogP contribution is -2.50. The Morgan fingerprint density at radius 3 is 2.83 bits per heavy atom. The van der Waals surface area contributed by atoms with Gasteiger partial charge in [0, 0.05) is 6.54 Å². The van der Waals surface area contributed by atoms with Crippen LogP contribution in [-0.2, 0) is 9.47 Å². The first-order chi connectivity index (χ1) is 11.6. The van der Waals surface area contributed by atoms with E-state index in [1.54, 1.807) is 0 Å². The van der Waals surface area contributed by atoms with E-state index in [1.807, 2.05) is 26.0 Å². The van der Waals surface area contributed by atoms with Crippen LogP contribution in [-0.4, -0.2) is 61.4 Å². The summed E-state index contributed by atoms with van der Waals surface area (Å²) in [5.41, 5.74) is 2.26. The molecule has 5 nitrogen and oxygen atoms in total. The van der Waals surface area contributed by atoms with Crippen molar-refractivity contribution in [3.63, 3.8) is 0 Å². The minimum absolute atomic E-state index is 0.141. The Bertz CT molecular complexity index is 530. The zero-order valence-corrected chi connectivity index (χ0v) is 14.7. The lowest BCUT2D eigenvalue weighted by Gasteiger charge is -2.38. The Balaban J connectivity index is 1.52. The third-order valence-corrected chi connectivity index (χ3v) is 4.85. The van der Waals surface area contributed by atoms with Crippen molar-refractivity contribution in [2.45, 2.75) is 51.5 Å². The molecule has 24 heavy (non-hydrogen) atoms. The van der Waals surface area contributed by atoms with E-state index in [1.165, 1.54) is 6.42 Å². The van der Waals surface area contributed by atoms with Gasteiger partial charge in [-0.2, -0.15) is 0 Å². The number of likely N-dealkylation sites (tertiary alicyclic amines) is 1. The molecule has 0 saturated carbocycles. The van der Waals surface area contributed by atoms with Gasteiger partial charge in [0.25, 0.3) is 0 Å². The fraction of sp³-hybridized carbons (Fsp3) is 0.684. The van der Waals surface area contributed by atoms with E-state index in [0.29, 0.717) is 26.4 Å². The van der Waals surface area contributed by atoms with Gasteiger partial charge >= 0.3 is 0 Å². The van der Waals surface area contributed by atoms with Crippen molar-refractivity contribution in [2.75, 3.05) is 32.9 Å². The second kappa shape index (κ2) is 8.30. The molecule has 1 N–H and O–H groups in total. The molecule has 1 aromatic rings. The maximum absolute atomic E-state index is 10.4. The van der Waals surface area contributed by atoms with E-state index in [-0.39, 0.29) is 12.3 Å². The normalized spacial score (nSPS) is 24.2. The molecule has 1 aromatic carbocycles. The van der Waals surface area contributed by atoms with Crippen molar-refractivity contribution in [3.05, 3.63) is 29.3 Å². The highest BCUT2D eigenvalue weighted by Gasteiger charge is 2.34. The van der Waals surface area contributed by atoms with Gasteiger partial charge in [-0.3, -0.25) is 4.90 Å². The summed E-state index contributed by atoms with van der Waals surface area (Å²) in [5.74, 6) is 0.853. The SMILES string of the molecule is Cc1ccc(C)c(OCC(O)CN2CCCCC2C2OCCO2)c1. The van der Waals surface area contributed by atoms with Gasteiger partial charge in [0.1, 0.15) is 18.5 Å². The van der Waals surface area contributed by atoms with Crippen LogP contribution in [0, 0.1) is 13.8 Å². The number of nitrogens with zero attached hydrogens (tertiary/aromatic N) is 1. The van der Waals surface area contributed by atoms with Gasteiger partial charge in [0.05, 0.1) is 19.3 Å². The molecule has 3 rings (SSSR count). The third-order valence-electron chi connectivity index (χ3n) is 4.85. The lowest BCUT2D eigenvalue weighted by atomic mass is 10.0. The fourth-order valence-corrected chi connectivity index (χ4v) is 3.52. The molecular formula is C19H29NO4. The van der Waals surface area contributed by atoms with Gasteiger partial charge in [0.2, 0.25) is 0 Å². The van der Waals surface area contributed by atoms with Crippen molar-refractivity contribution in [1.82, 2.24) is 4.90 Å². The topological polar surface area (TPSA) is 51.2 Å². The summed E-state index contributed by atoms with van der Waals surface area (Å²) in [7, 11) is 0. The minimum atomic E-state index is -0.521. The molecule has 5 heteroatoms. The van der Waals surface area contributed by atoms with Crippen LogP contribution in [0.2, 0.25) is 0 Å². The summed E-state index contributed by atoms with van der Waals surface area (Å²) >= 11 is 0. The van der Waals surface area contributed by atoms with Crippen molar-refractivity contribution < 1.29 is 19.3 Å². The first-order valence-corrected chi connectivity index (χ1v) is 8.99. The number of aliphatic hydroxyl groups excluding tert-OH is 1. The van der Waals surface area contributed by atoms with E-state index in [9.17, 15) is 5.11 Å². The molecule has 0 amide bonds. The number of rotatable bonds is 6. The molecule has 2 atom stereocenters. The van der Waals surface area contributed by atoms with E-state index in [4.69, 9.17) is 14.2 Å². The number of aliphatic hydroxyl groups is 1. The zero-order chi connectivity index (χ0) is 16.9. The third kappa shape index (κ3) is 4.48. The zero-order valence-electron chi connectivity index (χ0n) is 14.7. The van der Waals surface area contributed by atoms with Crippen LogP contribution in [0.4, 0.5) is 0 Å². The predicted molar refractivity (Wildman–Crippen MR) is 92.3 cm³/mol. The molecule has 2 unspecified atom stereocenters. The molecule has 2 heterocycles. The van der Waals surface area contributed by atoms with Crippen molar-refractivity contribution in [1.29, 1.82) is 0 Å². The molecule has 2 fully saturated rings. The van der Waals surface area contributed by atoms with Gasteiger partial charge in [-0.1, -0.05) is 18.6 Å². The molecule has 0 radical (unpaired) electrons. The second-order valence-electron chi connectivity index (χ2n) is 6.90. The van der Waals surface area contributed by atoms with Gasteiger partial charge in [-0.25, -0.2) is 0 Å². The average Bonchev–Trinajstić information content (AvgIpc) is 3.10. The number of aryl methyl sites for hydroxylation is 2. The summed E-state index contributed by atoms with van der Waals surface area (Å²) in [6.45, 7) is 7.30. The fourth-order valence-electron chi connectivity index (χ4n) is 3.52. The van der Waals surface area contributed by atoms with E-state index in [0.717, 1.165) is 36.3 Å². The largest absolute Gasteiger partial charge is 0.491 e. The highest BCUT2D eigenvalue weighted by molar-refractivity contribution is 5.35. The molecule has 134 valence electrons. The smallest absolute Gasteiger partial charge is 0.173 e. The lowest BCUT2D eigenvalue weighted by molar-refractivity contribution is -0.115. The number of β-amino-alcohol motifs (C(OH)–C–C–N with tert-alkyl or cyclic N) is 1. The molecular weight excluding hydrogens is 306 g/mol. The van der Waals surface area contributed by atoms with Crippen LogP contribution in [0.15, 0.2) is 18.2 Å². The molecule has 2 aliphatic heterocycles. The molecule has 0 aromatic heterocycles.